The smallest absolute Gasteiger partial charge is 0.0775 e. The van der Waals surface area contributed by atoms with Crippen molar-refractivity contribution in [2.45, 2.75) is 65.7 Å². The van der Waals surface area contributed by atoms with Gasteiger partial charge in [-0.05, 0) is 24.4 Å². The molecular formula is C18H33NSi. The normalized spacial score (nSPS) is 13.4. The Morgan fingerprint density at radius 2 is 1.70 bits per heavy atom. The van der Waals surface area contributed by atoms with Gasteiger partial charge in [-0.1, -0.05) is 82.2 Å². The molecule has 0 aromatic heterocycles. The second-order valence-electron chi connectivity index (χ2n) is 6.99. The molecule has 0 aliphatic rings. The van der Waals surface area contributed by atoms with E-state index in [-0.39, 0.29) is 0 Å². The van der Waals surface area contributed by atoms with E-state index >= 15 is 0 Å². The lowest BCUT2D eigenvalue weighted by Crippen LogP contribution is -2.37. The minimum Gasteiger partial charge on any atom is -0.312 e. The highest BCUT2D eigenvalue weighted by molar-refractivity contribution is 6.88. The molecular weight excluding hydrogens is 258 g/mol. The molecule has 0 heterocycles. The van der Waals surface area contributed by atoms with Gasteiger partial charge >= 0.3 is 0 Å². The topological polar surface area (TPSA) is 12.0 Å². The van der Waals surface area contributed by atoms with E-state index in [0.29, 0.717) is 0 Å². The van der Waals surface area contributed by atoms with Crippen LogP contribution in [0.4, 0.5) is 0 Å². The number of unbranched alkanes of at least 4 members (excludes halogenated alkanes) is 1. The van der Waals surface area contributed by atoms with Crippen LogP contribution >= 0.6 is 0 Å². The zero-order valence-corrected chi connectivity index (χ0v) is 15.1. The van der Waals surface area contributed by atoms with Crippen LogP contribution in [0.15, 0.2) is 24.3 Å². The van der Waals surface area contributed by atoms with Crippen molar-refractivity contribution < 1.29 is 0 Å². The average Bonchev–Trinajstić information content (AvgIpc) is 2.42. The summed E-state index contributed by atoms with van der Waals surface area (Å²) in [7, 11) is -1.15. The maximum atomic E-state index is 3.63. The SMILES string of the molecule is CCCCC(CC)CNCc1ccc([Si](C)(C)C)cc1. The lowest BCUT2D eigenvalue weighted by molar-refractivity contribution is 0.419. The molecule has 2 heteroatoms. The van der Waals surface area contributed by atoms with Crippen molar-refractivity contribution in [2.75, 3.05) is 6.54 Å². The molecule has 0 saturated carbocycles. The number of hydrogen-bond donors (Lipinski definition) is 1. The number of rotatable bonds is 9. The molecule has 1 unspecified atom stereocenters. The zero-order chi connectivity index (χ0) is 15.0. The summed E-state index contributed by atoms with van der Waals surface area (Å²) in [5.74, 6) is 0.844. The maximum Gasteiger partial charge on any atom is 0.0775 e. The van der Waals surface area contributed by atoms with Crippen LogP contribution in [0, 0.1) is 5.92 Å². The van der Waals surface area contributed by atoms with E-state index in [1.54, 1.807) is 5.19 Å². The molecule has 1 rings (SSSR count). The van der Waals surface area contributed by atoms with Crippen molar-refractivity contribution in [2.24, 2.45) is 5.92 Å². The van der Waals surface area contributed by atoms with Gasteiger partial charge in [-0.2, -0.15) is 0 Å². The van der Waals surface area contributed by atoms with Gasteiger partial charge in [-0.25, -0.2) is 0 Å². The summed E-state index contributed by atoms with van der Waals surface area (Å²) in [6.45, 7) is 14.0. The van der Waals surface area contributed by atoms with Crippen molar-refractivity contribution in [3.05, 3.63) is 29.8 Å². The van der Waals surface area contributed by atoms with Crippen LogP contribution in [0.1, 0.15) is 45.1 Å². The minimum atomic E-state index is -1.15. The predicted molar refractivity (Wildman–Crippen MR) is 94.4 cm³/mol. The number of hydrogen-bond acceptors (Lipinski definition) is 1. The van der Waals surface area contributed by atoms with E-state index in [4.69, 9.17) is 0 Å². The molecule has 0 radical (unpaired) electrons. The minimum absolute atomic E-state index is 0.844. The van der Waals surface area contributed by atoms with E-state index in [9.17, 15) is 0 Å². The lowest BCUT2D eigenvalue weighted by atomic mass is 9.99. The van der Waals surface area contributed by atoms with Crippen LogP contribution in [0.25, 0.3) is 0 Å². The number of nitrogens with one attached hydrogen (secondary N) is 1. The molecule has 0 aliphatic carbocycles. The Hall–Kier alpha value is -0.603. The van der Waals surface area contributed by atoms with Crippen LogP contribution in [-0.2, 0) is 6.54 Å². The van der Waals surface area contributed by atoms with Gasteiger partial charge in [0.25, 0.3) is 0 Å². The van der Waals surface area contributed by atoms with Gasteiger partial charge in [-0.3, -0.25) is 0 Å². The molecule has 0 saturated heterocycles. The van der Waals surface area contributed by atoms with Crippen LogP contribution < -0.4 is 10.5 Å². The highest BCUT2D eigenvalue weighted by atomic mass is 28.3. The Balaban J connectivity index is 2.38. The Morgan fingerprint density at radius 1 is 1.05 bits per heavy atom. The van der Waals surface area contributed by atoms with Crippen molar-refractivity contribution >= 4 is 13.3 Å². The lowest BCUT2D eigenvalue weighted by Gasteiger charge is -2.18. The summed E-state index contributed by atoms with van der Waals surface area (Å²) in [5, 5.41) is 5.18. The first-order valence-corrected chi connectivity index (χ1v) is 11.8. The van der Waals surface area contributed by atoms with E-state index in [2.05, 4.69) is 63.1 Å². The fourth-order valence-electron chi connectivity index (χ4n) is 2.49. The van der Waals surface area contributed by atoms with Gasteiger partial charge in [0.15, 0.2) is 0 Å². The van der Waals surface area contributed by atoms with Crippen molar-refractivity contribution in [3.63, 3.8) is 0 Å². The molecule has 1 atom stereocenters. The van der Waals surface area contributed by atoms with E-state index in [0.717, 1.165) is 19.0 Å². The molecule has 0 fully saturated rings. The zero-order valence-electron chi connectivity index (χ0n) is 14.1. The molecule has 0 bridgehead atoms. The Bertz CT molecular complexity index is 364. The van der Waals surface area contributed by atoms with Crippen molar-refractivity contribution in [3.8, 4) is 0 Å². The van der Waals surface area contributed by atoms with Crippen molar-refractivity contribution in [1.82, 2.24) is 5.32 Å². The van der Waals surface area contributed by atoms with Crippen LogP contribution in [0.2, 0.25) is 19.6 Å². The summed E-state index contributed by atoms with van der Waals surface area (Å²) in [4.78, 5) is 0. The van der Waals surface area contributed by atoms with E-state index in [1.807, 2.05) is 0 Å². The molecule has 114 valence electrons. The first kappa shape index (κ1) is 17.4. The highest BCUT2D eigenvalue weighted by Crippen LogP contribution is 2.11. The second kappa shape index (κ2) is 8.63. The van der Waals surface area contributed by atoms with Gasteiger partial charge in [0.1, 0.15) is 0 Å². The fourth-order valence-corrected chi connectivity index (χ4v) is 3.65. The Kier molecular flexibility index (Phi) is 7.53. The molecule has 0 amide bonds. The van der Waals surface area contributed by atoms with Gasteiger partial charge in [0.2, 0.25) is 0 Å². The Labute approximate surface area is 127 Å². The first-order chi connectivity index (χ1) is 9.47. The predicted octanol–water partition coefficient (Wildman–Crippen LogP) is 4.54. The van der Waals surface area contributed by atoms with Gasteiger partial charge < -0.3 is 5.32 Å². The molecule has 1 aromatic carbocycles. The summed E-state index contributed by atoms with van der Waals surface area (Å²) in [6, 6.07) is 9.26. The summed E-state index contributed by atoms with van der Waals surface area (Å²) in [5.41, 5.74) is 1.41. The second-order valence-corrected chi connectivity index (χ2v) is 12.1. The van der Waals surface area contributed by atoms with Gasteiger partial charge in [0, 0.05) is 6.54 Å². The van der Waals surface area contributed by atoms with Crippen LogP contribution in [-0.4, -0.2) is 14.6 Å². The van der Waals surface area contributed by atoms with Gasteiger partial charge in [-0.15, -0.1) is 0 Å². The van der Waals surface area contributed by atoms with E-state index in [1.165, 1.54) is 31.2 Å². The summed E-state index contributed by atoms with van der Waals surface area (Å²) in [6.07, 6.45) is 5.34. The van der Waals surface area contributed by atoms with Gasteiger partial charge in [0.05, 0.1) is 8.07 Å². The third kappa shape index (κ3) is 6.23. The standard InChI is InChI=1S/C18H33NSi/c1-6-8-9-16(7-2)14-19-15-17-10-12-18(13-11-17)20(3,4)5/h10-13,16,19H,6-9,14-15H2,1-5H3. The average molecular weight is 292 g/mol. The van der Waals surface area contributed by atoms with Crippen LogP contribution in [0.3, 0.4) is 0 Å². The monoisotopic (exact) mass is 291 g/mol. The summed E-state index contributed by atoms with van der Waals surface area (Å²) < 4.78 is 0. The van der Waals surface area contributed by atoms with Crippen LogP contribution in [0.5, 0.6) is 0 Å². The first-order valence-electron chi connectivity index (χ1n) is 8.27. The molecule has 1 N–H and O–H groups in total. The third-order valence-corrected chi connectivity index (χ3v) is 6.19. The molecule has 20 heavy (non-hydrogen) atoms. The summed E-state index contributed by atoms with van der Waals surface area (Å²) >= 11 is 0. The molecule has 0 aliphatic heterocycles. The molecule has 1 aromatic rings. The van der Waals surface area contributed by atoms with Crippen molar-refractivity contribution in [1.29, 1.82) is 0 Å². The van der Waals surface area contributed by atoms with E-state index < -0.39 is 8.07 Å². The fraction of sp³-hybridized carbons (Fsp3) is 0.667. The maximum absolute atomic E-state index is 3.63. The third-order valence-electron chi connectivity index (χ3n) is 4.13. The number of benzene rings is 1. The quantitative estimate of drug-likeness (QED) is 0.659. The largest absolute Gasteiger partial charge is 0.312 e. The molecule has 1 nitrogen and oxygen atoms in total. The Morgan fingerprint density at radius 3 is 2.20 bits per heavy atom. The molecule has 0 spiro atoms. The highest BCUT2D eigenvalue weighted by Gasteiger charge is 2.15.